The Morgan fingerprint density at radius 1 is 0.906 bits per heavy atom. The Bertz CT molecular complexity index is 1010. The highest BCUT2D eigenvalue weighted by molar-refractivity contribution is 7.89. The predicted octanol–water partition coefficient (Wildman–Crippen LogP) is 4.48. The number of hydrogen-bond acceptors (Lipinski definition) is 4. The maximum atomic E-state index is 13.0. The van der Waals surface area contributed by atoms with E-state index in [9.17, 15) is 13.2 Å². The van der Waals surface area contributed by atoms with E-state index in [-0.39, 0.29) is 49.1 Å². The number of nitrogens with one attached hydrogen (secondary N) is 1. The van der Waals surface area contributed by atoms with Crippen LogP contribution in [-0.4, -0.2) is 37.3 Å². The molecule has 6 nitrogen and oxygen atoms in total. The summed E-state index contributed by atoms with van der Waals surface area (Å²) in [6, 6.07) is 14.7. The summed E-state index contributed by atoms with van der Waals surface area (Å²) in [5.74, 6) is 0.478. The minimum absolute atomic E-state index is 0. The number of sulfonamides is 1. The lowest BCUT2D eigenvalue weighted by Crippen LogP contribution is -2.58. The molecule has 0 bridgehead atoms. The molecule has 0 aromatic heterocycles. The average molecular weight is 480 g/mol. The quantitative estimate of drug-likeness (QED) is 0.639. The molecule has 1 heterocycles. The number of benzene rings is 2. The van der Waals surface area contributed by atoms with Gasteiger partial charge in [0, 0.05) is 18.8 Å². The smallest absolute Gasteiger partial charge is 0.244 e. The van der Waals surface area contributed by atoms with Crippen molar-refractivity contribution < 1.29 is 13.2 Å². The van der Waals surface area contributed by atoms with E-state index in [0.29, 0.717) is 17.5 Å². The first-order valence-electron chi connectivity index (χ1n) is 10.8. The molecule has 1 aliphatic heterocycles. The van der Waals surface area contributed by atoms with Gasteiger partial charge in [0.1, 0.15) is 0 Å². The molecule has 32 heavy (non-hydrogen) atoms. The second-order valence-electron chi connectivity index (χ2n) is 9.01. The lowest BCUT2D eigenvalue weighted by atomic mass is 9.88. The Morgan fingerprint density at radius 3 is 1.78 bits per heavy atom. The molecule has 176 valence electrons. The Hall–Kier alpha value is -1.93. The number of carbonyl (C=O) groups excluding carboxylic acids is 1. The molecular formula is C24H34ClN3O3S. The van der Waals surface area contributed by atoms with E-state index in [2.05, 4.69) is 33.0 Å². The number of rotatable bonds is 6. The van der Waals surface area contributed by atoms with Crippen LogP contribution in [0.25, 0.3) is 0 Å². The van der Waals surface area contributed by atoms with Crippen LogP contribution in [-0.2, 0) is 14.8 Å². The van der Waals surface area contributed by atoms with Gasteiger partial charge in [-0.2, -0.15) is 4.31 Å². The number of amides is 1. The molecule has 3 N–H and O–H groups in total. The number of hydrogen-bond donors (Lipinski definition) is 2. The lowest BCUT2D eigenvalue weighted by Gasteiger charge is -2.37. The number of anilines is 1. The SMILES string of the molecule is CC(C)c1ccc(NC(=O)C2(N)CCN(S(=O)(=O)c3ccc(C(C)C)cc3)CC2)cc1.Cl. The Balaban J connectivity index is 0.00000363. The average Bonchev–Trinajstić information content (AvgIpc) is 2.74. The Morgan fingerprint density at radius 2 is 1.34 bits per heavy atom. The maximum absolute atomic E-state index is 13.0. The van der Waals surface area contributed by atoms with Crippen molar-refractivity contribution in [2.45, 2.75) is 62.8 Å². The minimum Gasteiger partial charge on any atom is -0.324 e. The highest BCUT2D eigenvalue weighted by atomic mass is 35.5. The van der Waals surface area contributed by atoms with Crippen LogP contribution in [0.1, 0.15) is 63.5 Å². The summed E-state index contributed by atoms with van der Waals surface area (Å²) in [7, 11) is -3.61. The maximum Gasteiger partial charge on any atom is 0.244 e. The summed E-state index contributed by atoms with van der Waals surface area (Å²) in [5.41, 5.74) is 8.28. The van der Waals surface area contributed by atoms with Crippen LogP contribution >= 0.6 is 12.4 Å². The van der Waals surface area contributed by atoms with Crippen molar-refractivity contribution in [2.75, 3.05) is 18.4 Å². The van der Waals surface area contributed by atoms with Gasteiger partial charge in [-0.15, -0.1) is 12.4 Å². The van der Waals surface area contributed by atoms with Gasteiger partial charge in [0.15, 0.2) is 0 Å². The molecule has 2 aromatic carbocycles. The van der Waals surface area contributed by atoms with Crippen LogP contribution in [0.4, 0.5) is 5.69 Å². The molecular weight excluding hydrogens is 446 g/mol. The second kappa shape index (κ2) is 10.3. The van der Waals surface area contributed by atoms with Gasteiger partial charge < -0.3 is 11.1 Å². The minimum atomic E-state index is -3.61. The lowest BCUT2D eigenvalue weighted by molar-refractivity contribution is -0.122. The van der Waals surface area contributed by atoms with Crippen LogP contribution in [0.3, 0.4) is 0 Å². The molecule has 1 amide bonds. The summed E-state index contributed by atoms with van der Waals surface area (Å²) < 4.78 is 27.4. The van der Waals surface area contributed by atoms with Gasteiger partial charge in [-0.1, -0.05) is 52.0 Å². The van der Waals surface area contributed by atoms with Gasteiger partial charge >= 0.3 is 0 Å². The Labute approximate surface area is 198 Å². The van der Waals surface area contributed by atoms with Crippen LogP contribution in [0.5, 0.6) is 0 Å². The zero-order chi connectivity index (χ0) is 22.8. The van der Waals surface area contributed by atoms with E-state index < -0.39 is 15.6 Å². The van der Waals surface area contributed by atoms with E-state index in [0.717, 1.165) is 5.56 Å². The van der Waals surface area contributed by atoms with Gasteiger partial charge in [0.05, 0.1) is 10.4 Å². The van der Waals surface area contributed by atoms with E-state index in [1.165, 1.54) is 9.87 Å². The summed E-state index contributed by atoms with van der Waals surface area (Å²) in [6.07, 6.45) is 0.540. The summed E-state index contributed by atoms with van der Waals surface area (Å²) in [5, 5.41) is 2.89. The number of halogens is 1. The number of nitrogens with two attached hydrogens (primary N) is 1. The van der Waals surface area contributed by atoms with E-state index >= 15 is 0 Å². The van der Waals surface area contributed by atoms with Crippen molar-refractivity contribution in [2.24, 2.45) is 5.73 Å². The fraction of sp³-hybridized carbons (Fsp3) is 0.458. The molecule has 0 saturated carbocycles. The van der Waals surface area contributed by atoms with Gasteiger partial charge in [0.25, 0.3) is 0 Å². The zero-order valence-electron chi connectivity index (χ0n) is 19.2. The van der Waals surface area contributed by atoms with Crippen molar-refractivity contribution in [1.82, 2.24) is 4.31 Å². The Kier molecular flexibility index (Phi) is 8.50. The van der Waals surface area contributed by atoms with E-state index in [1.807, 2.05) is 36.4 Å². The van der Waals surface area contributed by atoms with E-state index in [4.69, 9.17) is 5.73 Å². The summed E-state index contributed by atoms with van der Waals surface area (Å²) in [6.45, 7) is 8.79. The number of carbonyl (C=O) groups is 1. The second-order valence-corrected chi connectivity index (χ2v) is 11.0. The zero-order valence-corrected chi connectivity index (χ0v) is 20.8. The van der Waals surface area contributed by atoms with Gasteiger partial charge in [-0.25, -0.2) is 8.42 Å². The monoisotopic (exact) mass is 479 g/mol. The fourth-order valence-electron chi connectivity index (χ4n) is 3.73. The van der Waals surface area contributed by atoms with Crippen molar-refractivity contribution >= 4 is 34.0 Å². The number of piperidine rings is 1. The van der Waals surface area contributed by atoms with Gasteiger partial charge in [0.2, 0.25) is 15.9 Å². The first kappa shape index (κ1) is 26.3. The highest BCUT2D eigenvalue weighted by Gasteiger charge is 2.41. The number of nitrogens with zero attached hydrogens (tertiary/aromatic N) is 1. The molecule has 1 aliphatic rings. The molecule has 3 rings (SSSR count). The molecule has 0 radical (unpaired) electrons. The topological polar surface area (TPSA) is 92.5 Å². The molecule has 2 aromatic rings. The molecule has 8 heteroatoms. The third-order valence-electron chi connectivity index (χ3n) is 6.09. The largest absolute Gasteiger partial charge is 0.324 e. The van der Waals surface area contributed by atoms with Crippen LogP contribution in [0.15, 0.2) is 53.4 Å². The normalized spacial score (nSPS) is 16.6. The standard InChI is InChI=1S/C24H33N3O3S.ClH/c1-17(2)19-5-9-21(10-6-19)26-23(28)24(25)13-15-27(16-14-24)31(29,30)22-11-7-20(8-12-22)18(3)4;/h5-12,17-18H,13-16,25H2,1-4H3,(H,26,28);1H. The van der Waals surface area contributed by atoms with Crippen molar-refractivity contribution in [3.05, 3.63) is 59.7 Å². The fourth-order valence-corrected chi connectivity index (χ4v) is 5.17. The van der Waals surface area contributed by atoms with Crippen molar-refractivity contribution in [1.29, 1.82) is 0 Å². The summed E-state index contributed by atoms with van der Waals surface area (Å²) in [4.78, 5) is 13.1. The van der Waals surface area contributed by atoms with Gasteiger partial charge in [-0.3, -0.25) is 4.79 Å². The molecule has 0 atom stereocenters. The third kappa shape index (κ3) is 5.70. The summed E-state index contributed by atoms with van der Waals surface area (Å²) >= 11 is 0. The molecule has 0 aliphatic carbocycles. The highest BCUT2D eigenvalue weighted by Crippen LogP contribution is 2.27. The first-order chi connectivity index (χ1) is 14.5. The van der Waals surface area contributed by atoms with Crippen LogP contribution in [0, 0.1) is 0 Å². The van der Waals surface area contributed by atoms with Crippen LogP contribution in [0.2, 0.25) is 0 Å². The van der Waals surface area contributed by atoms with Crippen LogP contribution < -0.4 is 11.1 Å². The van der Waals surface area contributed by atoms with Crippen molar-refractivity contribution in [3.8, 4) is 0 Å². The molecule has 1 fully saturated rings. The third-order valence-corrected chi connectivity index (χ3v) is 8.00. The van der Waals surface area contributed by atoms with E-state index in [1.54, 1.807) is 12.1 Å². The first-order valence-corrected chi connectivity index (χ1v) is 12.3. The van der Waals surface area contributed by atoms with Crippen molar-refractivity contribution in [3.63, 3.8) is 0 Å². The molecule has 0 spiro atoms. The molecule has 1 saturated heterocycles. The molecule has 0 unspecified atom stereocenters. The van der Waals surface area contributed by atoms with Gasteiger partial charge in [-0.05, 0) is 60.1 Å². The predicted molar refractivity (Wildman–Crippen MR) is 132 cm³/mol.